The fourth-order valence-corrected chi connectivity index (χ4v) is 1.57. The predicted molar refractivity (Wildman–Crippen MR) is 103 cm³/mol. The number of hydrogen-bond acceptors (Lipinski definition) is 2. The third-order valence-electron chi connectivity index (χ3n) is 2.86. The Morgan fingerprint density at radius 2 is 0.917 bits per heavy atom. The molecule has 2 heteroatoms. The Balaban J connectivity index is 0.000000340. The average Bonchev–Trinajstić information content (AvgIpc) is 2.62. The number of carbonyl (C=O) groups excluding carboxylic acids is 2. The molecule has 0 saturated heterocycles. The van der Waals surface area contributed by atoms with Crippen molar-refractivity contribution in [2.45, 2.75) is 27.7 Å². The molecule has 0 aliphatic rings. The van der Waals surface area contributed by atoms with E-state index in [2.05, 4.69) is 0 Å². The Labute approximate surface area is 145 Å². The molecule has 0 aliphatic carbocycles. The highest BCUT2D eigenvalue weighted by atomic mass is 16.1. The molecule has 0 unspecified atom stereocenters. The van der Waals surface area contributed by atoms with Gasteiger partial charge in [0.05, 0.1) is 0 Å². The van der Waals surface area contributed by atoms with Gasteiger partial charge in [-0.15, -0.1) is 0 Å². The number of benzene rings is 2. The molecule has 2 nitrogen and oxygen atoms in total. The summed E-state index contributed by atoms with van der Waals surface area (Å²) in [7, 11) is 0. The van der Waals surface area contributed by atoms with Crippen LogP contribution in [0.4, 0.5) is 0 Å². The van der Waals surface area contributed by atoms with E-state index < -0.39 is 0 Å². The molecule has 0 heterocycles. The number of allylic oxidation sites excluding steroid dienone is 4. The molecule has 0 spiro atoms. The summed E-state index contributed by atoms with van der Waals surface area (Å²) in [5, 5.41) is 0. The van der Waals surface area contributed by atoms with Gasteiger partial charge in [0.25, 0.3) is 0 Å². The zero-order valence-electron chi connectivity index (χ0n) is 14.9. The van der Waals surface area contributed by atoms with Crippen molar-refractivity contribution in [1.82, 2.24) is 0 Å². The molecule has 0 N–H and O–H groups in total. The minimum Gasteiger partial charge on any atom is -0.295 e. The first-order chi connectivity index (χ1) is 11.5. The van der Waals surface area contributed by atoms with Crippen molar-refractivity contribution in [3.05, 3.63) is 96.1 Å². The van der Waals surface area contributed by atoms with Gasteiger partial charge in [-0.2, -0.15) is 0 Å². The summed E-state index contributed by atoms with van der Waals surface area (Å²) < 4.78 is 0. The maximum Gasteiger partial charge on any atom is 0.159 e. The van der Waals surface area contributed by atoms with Crippen molar-refractivity contribution in [3.8, 4) is 0 Å². The smallest absolute Gasteiger partial charge is 0.159 e. The molecule has 0 atom stereocenters. The SMILES string of the molecule is C/C=C\C=C/C.CC(=O)c1ccccc1.CC(=O)c1ccccc1. The normalized spacial score (nSPS) is 9.67. The van der Waals surface area contributed by atoms with Crippen LogP contribution in [0.3, 0.4) is 0 Å². The molecule has 24 heavy (non-hydrogen) atoms. The summed E-state index contributed by atoms with van der Waals surface area (Å²) in [5.74, 6) is 0.242. The second-order valence-electron chi connectivity index (χ2n) is 4.90. The second-order valence-corrected chi connectivity index (χ2v) is 4.90. The molecular weight excluding hydrogens is 296 g/mol. The highest BCUT2D eigenvalue weighted by Gasteiger charge is 1.93. The van der Waals surface area contributed by atoms with E-state index in [-0.39, 0.29) is 11.6 Å². The van der Waals surface area contributed by atoms with Crippen LogP contribution in [0.2, 0.25) is 0 Å². The Bertz CT molecular complexity index is 579. The van der Waals surface area contributed by atoms with Gasteiger partial charge in [-0.25, -0.2) is 0 Å². The second kappa shape index (κ2) is 13.9. The van der Waals surface area contributed by atoms with Crippen LogP contribution in [0.15, 0.2) is 85.0 Å². The first-order valence-electron chi connectivity index (χ1n) is 7.88. The molecule has 2 aromatic carbocycles. The minimum atomic E-state index is 0.121. The lowest BCUT2D eigenvalue weighted by Crippen LogP contribution is -1.88. The van der Waals surface area contributed by atoms with Gasteiger partial charge in [0.2, 0.25) is 0 Å². The van der Waals surface area contributed by atoms with Crippen LogP contribution in [0, 0.1) is 0 Å². The molecule has 0 bridgehead atoms. The quantitative estimate of drug-likeness (QED) is 0.519. The Hall–Kier alpha value is -2.74. The molecule has 0 radical (unpaired) electrons. The van der Waals surface area contributed by atoms with Crippen LogP contribution in [0.1, 0.15) is 48.4 Å². The van der Waals surface area contributed by atoms with Gasteiger partial charge in [-0.05, 0) is 27.7 Å². The fourth-order valence-electron chi connectivity index (χ4n) is 1.57. The lowest BCUT2D eigenvalue weighted by atomic mass is 10.2. The Morgan fingerprint density at radius 3 is 1.08 bits per heavy atom. The van der Waals surface area contributed by atoms with Crippen molar-refractivity contribution in [1.29, 1.82) is 0 Å². The van der Waals surface area contributed by atoms with Crippen molar-refractivity contribution < 1.29 is 9.59 Å². The maximum absolute atomic E-state index is 10.6. The van der Waals surface area contributed by atoms with Crippen molar-refractivity contribution in [2.75, 3.05) is 0 Å². The van der Waals surface area contributed by atoms with Crippen LogP contribution >= 0.6 is 0 Å². The molecule has 0 fully saturated rings. The van der Waals surface area contributed by atoms with Crippen LogP contribution in [0.25, 0.3) is 0 Å². The summed E-state index contributed by atoms with van der Waals surface area (Å²) in [6, 6.07) is 18.5. The summed E-state index contributed by atoms with van der Waals surface area (Å²) in [5.41, 5.74) is 1.55. The van der Waals surface area contributed by atoms with Crippen LogP contribution in [0.5, 0.6) is 0 Å². The van der Waals surface area contributed by atoms with E-state index >= 15 is 0 Å². The van der Waals surface area contributed by atoms with Crippen LogP contribution < -0.4 is 0 Å². The first kappa shape index (κ1) is 21.3. The molecule has 0 saturated carbocycles. The molecular formula is C22H26O2. The molecule has 0 aromatic heterocycles. The molecule has 126 valence electrons. The lowest BCUT2D eigenvalue weighted by molar-refractivity contribution is 0.100. The number of rotatable bonds is 3. The molecule has 0 amide bonds. The van der Waals surface area contributed by atoms with Gasteiger partial charge in [0.1, 0.15) is 0 Å². The maximum atomic E-state index is 10.6. The van der Waals surface area contributed by atoms with Gasteiger partial charge in [-0.1, -0.05) is 85.0 Å². The van der Waals surface area contributed by atoms with E-state index in [1.54, 1.807) is 13.8 Å². The minimum absolute atomic E-state index is 0.121. The summed E-state index contributed by atoms with van der Waals surface area (Å²) in [4.78, 5) is 21.3. The van der Waals surface area contributed by atoms with Gasteiger partial charge >= 0.3 is 0 Å². The van der Waals surface area contributed by atoms with Crippen LogP contribution in [-0.4, -0.2) is 11.6 Å². The van der Waals surface area contributed by atoms with Crippen molar-refractivity contribution in [2.24, 2.45) is 0 Å². The third-order valence-corrected chi connectivity index (χ3v) is 2.86. The monoisotopic (exact) mass is 322 g/mol. The summed E-state index contributed by atoms with van der Waals surface area (Å²) in [6.07, 6.45) is 8.00. The number of ketones is 2. The molecule has 0 aliphatic heterocycles. The van der Waals surface area contributed by atoms with E-state index in [0.717, 1.165) is 11.1 Å². The predicted octanol–water partition coefficient (Wildman–Crippen LogP) is 5.92. The van der Waals surface area contributed by atoms with E-state index in [1.165, 1.54) is 0 Å². The van der Waals surface area contributed by atoms with Gasteiger partial charge < -0.3 is 0 Å². The number of Topliss-reactive ketones (excluding diaryl/α,β-unsaturated/α-hetero) is 2. The van der Waals surface area contributed by atoms with Crippen LogP contribution in [-0.2, 0) is 0 Å². The van der Waals surface area contributed by atoms with E-state index in [1.807, 2.05) is 98.8 Å². The Kier molecular flexibility index (Phi) is 12.3. The molecule has 2 rings (SSSR count). The van der Waals surface area contributed by atoms with Gasteiger partial charge in [0.15, 0.2) is 11.6 Å². The highest BCUT2D eigenvalue weighted by Crippen LogP contribution is 1.98. The summed E-state index contributed by atoms with van der Waals surface area (Å²) >= 11 is 0. The largest absolute Gasteiger partial charge is 0.295 e. The third kappa shape index (κ3) is 10.9. The van der Waals surface area contributed by atoms with Crippen molar-refractivity contribution in [3.63, 3.8) is 0 Å². The Morgan fingerprint density at radius 1 is 0.625 bits per heavy atom. The number of carbonyl (C=O) groups is 2. The molecule has 2 aromatic rings. The van der Waals surface area contributed by atoms with Crippen molar-refractivity contribution >= 4 is 11.6 Å². The number of hydrogen-bond donors (Lipinski definition) is 0. The lowest BCUT2D eigenvalue weighted by Gasteiger charge is -1.89. The average molecular weight is 322 g/mol. The van der Waals surface area contributed by atoms with E-state index in [9.17, 15) is 9.59 Å². The zero-order valence-corrected chi connectivity index (χ0v) is 14.9. The standard InChI is InChI=1S/2C8H8O.C6H10/c2*1-7(9)8-5-3-2-4-6-8;1-3-5-6-4-2/h2*2-6H,1H3;3-6H,1-2H3/b;;5-3-,6-4-. The first-order valence-corrected chi connectivity index (χ1v) is 7.88. The van der Waals surface area contributed by atoms with Gasteiger partial charge in [0, 0.05) is 11.1 Å². The summed E-state index contributed by atoms with van der Waals surface area (Å²) in [6.45, 7) is 7.13. The van der Waals surface area contributed by atoms with E-state index in [0.29, 0.717) is 0 Å². The van der Waals surface area contributed by atoms with Gasteiger partial charge in [-0.3, -0.25) is 9.59 Å². The zero-order chi connectivity index (χ0) is 18.2. The fraction of sp³-hybridized carbons (Fsp3) is 0.182. The topological polar surface area (TPSA) is 34.1 Å². The highest BCUT2D eigenvalue weighted by molar-refractivity contribution is 5.94. The van der Waals surface area contributed by atoms with E-state index in [4.69, 9.17) is 0 Å².